The topological polar surface area (TPSA) is 204 Å². The van der Waals surface area contributed by atoms with Crippen LogP contribution in [0.2, 0.25) is 0 Å². The van der Waals surface area contributed by atoms with Gasteiger partial charge in [0.15, 0.2) is 11.3 Å². The molecule has 15 nitrogen and oxygen atoms in total. The van der Waals surface area contributed by atoms with Gasteiger partial charge in [0.1, 0.15) is 34.1 Å². The third kappa shape index (κ3) is 8.55. The van der Waals surface area contributed by atoms with Crippen molar-refractivity contribution in [1.29, 1.82) is 0 Å². The lowest BCUT2D eigenvalue weighted by molar-refractivity contribution is -0.112. The third-order valence-corrected chi connectivity index (χ3v) is 14.9. The fourth-order valence-corrected chi connectivity index (χ4v) is 9.83. The van der Waals surface area contributed by atoms with E-state index >= 15 is 0 Å². The molecule has 4 aliphatic heterocycles. The number of ketones is 1. The van der Waals surface area contributed by atoms with Gasteiger partial charge in [-0.15, -0.1) is 0 Å². The number of anilines is 2. The van der Waals surface area contributed by atoms with E-state index in [0.717, 1.165) is 25.9 Å². The summed E-state index contributed by atoms with van der Waals surface area (Å²) in [6.07, 6.45) is 7.37. The first-order chi connectivity index (χ1) is 31.1. The summed E-state index contributed by atoms with van der Waals surface area (Å²) in [7, 11) is 3.68. The number of amides is 1. The number of phenolic OH excluding ortho intramolecular Hbond substituents is 2. The molecule has 1 fully saturated rings. The van der Waals surface area contributed by atoms with Gasteiger partial charge in [0, 0.05) is 85.4 Å². The molecule has 1 amide bonds. The van der Waals surface area contributed by atoms with Gasteiger partial charge in [-0.2, -0.15) is 0 Å². The van der Waals surface area contributed by atoms with Gasteiger partial charge < -0.3 is 54.2 Å². The molecular weight excluding hydrogens is 845 g/mol. The van der Waals surface area contributed by atoms with E-state index in [9.17, 15) is 34.8 Å². The molecule has 5 aliphatic rings. The highest BCUT2D eigenvalue weighted by molar-refractivity contribution is 6.22. The third-order valence-electron chi connectivity index (χ3n) is 14.9. The molecule has 5 N–H and O–H groups in total. The molecule has 1 saturated heterocycles. The summed E-state index contributed by atoms with van der Waals surface area (Å²) in [4.78, 5) is 53.1. The number of hydrogen-bond donors (Lipinski definition) is 5. The van der Waals surface area contributed by atoms with Crippen molar-refractivity contribution in [2.24, 2.45) is 29.6 Å². The van der Waals surface area contributed by atoms with Crippen LogP contribution in [-0.2, 0) is 14.3 Å². The highest BCUT2D eigenvalue weighted by Crippen LogP contribution is 2.51. The Bertz CT molecular complexity index is 2650. The van der Waals surface area contributed by atoms with Crippen LogP contribution < -0.4 is 20.4 Å². The Morgan fingerprint density at radius 1 is 0.939 bits per heavy atom. The number of piperidine rings is 1. The Morgan fingerprint density at radius 2 is 1.62 bits per heavy atom. The van der Waals surface area contributed by atoms with Crippen molar-refractivity contribution in [2.45, 2.75) is 118 Å². The number of hydrogen-bond acceptors (Lipinski definition) is 14. The lowest BCUT2D eigenvalue weighted by Crippen LogP contribution is -2.45. The quantitative estimate of drug-likeness (QED) is 0.0986. The number of fused-ring (bicyclic) bond motifs is 2. The fraction of sp³-hybridized carbons (Fsp3) is 0.529. The van der Waals surface area contributed by atoms with Crippen molar-refractivity contribution in [1.82, 2.24) is 9.88 Å². The highest BCUT2D eigenvalue weighted by Gasteiger charge is 2.50. The molecule has 66 heavy (non-hydrogen) atoms. The maximum absolute atomic E-state index is 14.9. The smallest absolute Gasteiger partial charge is 0.312 e. The van der Waals surface area contributed by atoms with Crippen molar-refractivity contribution < 1.29 is 48.6 Å². The Morgan fingerprint density at radius 3 is 2.27 bits per heavy atom. The number of aliphatic hydroxyl groups excluding tert-OH is 2. The van der Waals surface area contributed by atoms with E-state index in [1.54, 1.807) is 57.4 Å². The van der Waals surface area contributed by atoms with Crippen LogP contribution in [0.3, 0.4) is 0 Å². The molecule has 4 bridgehead atoms. The summed E-state index contributed by atoms with van der Waals surface area (Å²) < 4.78 is 24.8. The summed E-state index contributed by atoms with van der Waals surface area (Å²) in [6, 6.07) is 4.13. The molecule has 0 spiro atoms. The van der Waals surface area contributed by atoms with Crippen molar-refractivity contribution in [2.75, 3.05) is 37.5 Å². The summed E-state index contributed by atoms with van der Waals surface area (Å²) >= 11 is 0. The first-order valence-corrected chi connectivity index (χ1v) is 23.0. The number of benzene rings is 3. The number of allylic oxidation sites excluding steroid dienone is 2. The molecule has 9 atom stereocenters. The van der Waals surface area contributed by atoms with Crippen LogP contribution in [0.5, 0.6) is 17.2 Å². The predicted molar refractivity (Wildman–Crippen MR) is 254 cm³/mol. The van der Waals surface area contributed by atoms with Crippen LogP contribution in [0, 0.1) is 36.5 Å². The second kappa shape index (κ2) is 18.7. The lowest BCUT2D eigenvalue weighted by Gasteiger charge is -2.39. The summed E-state index contributed by atoms with van der Waals surface area (Å²) in [5.41, 5.74) is -0.308. The average Bonchev–Trinajstić information content (AvgIpc) is 3.56. The highest BCUT2D eigenvalue weighted by atomic mass is 16.7. The van der Waals surface area contributed by atoms with Crippen molar-refractivity contribution >= 4 is 44.9 Å². The fourth-order valence-electron chi connectivity index (χ4n) is 9.83. The van der Waals surface area contributed by atoms with E-state index in [1.165, 1.54) is 20.1 Å². The van der Waals surface area contributed by atoms with E-state index in [2.05, 4.69) is 36.0 Å². The van der Waals surface area contributed by atoms with Crippen LogP contribution in [0.25, 0.3) is 33.3 Å². The molecule has 356 valence electrons. The number of Topliss-reactive ketones (excluding diaryl/α,β-unsaturated/α-hetero) is 1. The van der Waals surface area contributed by atoms with Gasteiger partial charge in [-0.3, -0.25) is 14.4 Å². The Kier molecular flexibility index (Phi) is 13.7. The van der Waals surface area contributed by atoms with Crippen molar-refractivity contribution in [3.63, 3.8) is 0 Å². The zero-order valence-corrected chi connectivity index (χ0v) is 40.1. The number of nitrogens with zero attached hydrogens (tertiary/aromatic N) is 3. The lowest BCUT2D eigenvalue weighted by atomic mass is 9.74. The number of phenols is 2. The maximum Gasteiger partial charge on any atom is 0.312 e. The van der Waals surface area contributed by atoms with Gasteiger partial charge in [0.05, 0.1) is 35.5 Å². The van der Waals surface area contributed by atoms with Crippen LogP contribution in [0.15, 0.2) is 57.5 Å². The van der Waals surface area contributed by atoms with E-state index in [0.29, 0.717) is 17.8 Å². The van der Waals surface area contributed by atoms with E-state index in [4.69, 9.17) is 23.6 Å². The van der Waals surface area contributed by atoms with E-state index < -0.39 is 58.8 Å². The van der Waals surface area contributed by atoms with Gasteiger partial charge in [0.25, 0.3) is 11.7 Å². The zero-order chi connectivity index (χ0) is 48.3. The molecule has 7 rings (SSSR count). The number of carbonyl (C=O) groups excluding carboxylic acids is 2. The van der Waals surface area contributed by atoms with Gasteiger partial charge in [-0.1, -0.05) is 52.8 Å². The van der Waals surface area contributed by atoms with Crippen molar-refractivity contribution in [3.05, 3.63) is 69.6 Å². The van der Waals surface area contributed by atoms with Crippen LogP contribution in [0.4, 0.5) is 11.4 Å². The number of ether oxygens (including phenoxy) is 3. The number of nitrogens with one attached hydrogen (secondary N) is 1. The van der Waals surface area contributed by atoms with Crippen LogP contribution in [0.1, 0.15) is 91.1 Å². The SMILES string of the molecule is CO[C@H]1/C=C/O[C@@]2(C)Oc3c(C)c(O)c4c(=O)c(c5oc6cc(N7CCC(N(C)C(C)C)CC7)cc(O)c6nc-5c4c3C2=O)NC(=O)/C(C)=C\C=C\[C@H](C)[C@H](O)[C@@H](C)[C@@H](O)[C@@H](C)[C@H](C)[C@@H]1C. The van der Waals surface area contributed by atoms with Crippen LogP contribution >= 0.6 is 0 Å². The molecule has 0 radical (unpaired) electrons. The summed E-state index contributed by atoms with van der Waals surface area (Å²) in [5.74, 6) is -5.79. The Labute approximate surface area is 386 Å². The minimum Gasteiger partial charge on any atom is -0.507 e. The van der Waals surface area contributed by atoms with E-state index in [1.807, 2.05) is 27.7 Å². The standard InChI is InChI=1S/C51H66N4O11/c1-24(2)54(11)32-16-19-55(20-17-32)33-22-34(56)40-36(23-33)65-48-41(52-40)37-38-45(59)31(9)47-39(37)49(61)51(10,66-47)64-21-18-35(63-12)28(6)27(5)29(7)44(58)30(8)43(57)25(3)14-13-15-26(4)50(62)53-42(48)46(38)60/h13-15,18,21-25,27-30,32,35,43-44,56-59H,16-17,19-20H2,1-12H3,(H,53,62)/b14-13+,21-18+,26-15-/t25-,27+,28-,29-,30+,35-,43-,44-,51-/m0/s1. The maximum atomic E-state index is 14.9. The Balaban J connectivity index is 1.42. The number of aliphatic hydroxyl groups is 2. The average molecular weight is 911 g/mol. The monoisotopic (exact) mass is 910 g/mol. The summed E-state index contributed by atoms with van der Waals surface area (Å²) in [5, 5.41) is 48.7. The second-order valence-electron chi connectivity index (χ2n) is 19.3. The predicted octanol–water partition coefficient (Wildman–Crippen LogP) is 7.67. The number of aromatic nitrogens is 1. The second-order valence-corrected chi connectivity index (χ2v) is 19.3. The minimum absolute atomic E-state index is 0.0239. The Hall–Kier alpha value is -5.48. The van der Waals surface area contributed by atoms with E-state index in [-0.39, 0.29) is 85.0 Å². The minimum atomic E-state index is -1.99. The molecule has 2 aromatic carbocycles. The largest absolute Gasteiger partial charge is 0.507 e. The van der Waals surface area contributed by atoms with Gasteiger partial charge >= 0.3 is 5.79 Å². The molecule has 0 unspecified atom stereocenters. The number of aromatic hydroxyl groups is 2. The molecule has 1 aliphatic carbocycles. The van der Waals surface area contributed by atoms with Gasteiger partial charge in [-0.05, 0) is 71.4 Å². The molecule has 4 heterocycles. The number of methoxy groups -OCH3 is 1. The normalized spacial score (nSPS) is 30.2. The summed E-state index contributed by atoms with van der Waals surface area (Å²) in [6.45, 7) is 19.8. The van der Waals surface area contributed by atoms with Gasteiger partial charge in [-0.25, -0.2) is 4.98 Å². The number of rotatable bonds is 4. The number of carbonyl (C=O) groups is 2. The molecular formula is C51H66N4O11. The van der Waals surface area contributed by atoms with Gasteiger partial charge in [0.2, 0.25) is 5.43 Å². The molecule has 15 heteroatoms. The zero-order valence-electron chi connectivity index (χ0n) is 40.1. The van der Waals surface area contributed by atoms with Crippen LogP contribution in [-0.4, -0.2) is 105 Å². The first-order valence-electron chi connectivity index (χ1n) is 23.0. The molecule has 0 aromatic heterocycles. The van der Waals surface area contributed by atoms with Crippen molar-refractivity contribution in [3.8, 4) is 28.7 Å². The molecule has 0 saturated carbocycles. The first kappa shape index (κ1) is 48.5. The molecule has 2 aromatic rings.